The second-order valence-electron chi connectivity index (χ2n) is 6.99. The predicted molar refractivity (Wildman–Crippen MR) is 129 cm³/mol. The van der Waals surface area contributed by atoms with E-state index in [9.17, 15) is 14.0 Å². The van der Waals surface area contributed by atoms with E-state index in [1.165, 1.54) is 17.0 Å². The van der Waals surface area contributed by atoms with Crippen molar-refractivity contribution in [2.45, 2.75) is 39.8 Å². The lowest BCUT2D eigenvalue weighted by Crippen LogP contribution is -2.36. The van der Waals surface area contributed by atoms with Gasteiger partial charge in [-0.2, -0.15) is 0 Å². The Bertz CT molecular complexity index is 1030. The number of hydrogen-bond donors (Lipinski definition) is 0. The zero-order chi connectivity index (χ0) is 22.5. The Morgan fingerprint density at radius 1 is 1.19 bits per heavy atom. The number of amides is 2. The molecule has 1 heterocycles. The third-order valence-corrected chi connectivity index (χ3v) is 6.44. The molecule has 1 saturated heterocycles. The molecule has 0 aromatic heterocycles. The van der Waals surface area contributed by atoms with E-state index >= 15 is 0 Å². The summed E-state index contributed by atoms with van der Waals surface area (Å²) < 4.78 is 25.9. The number of nitrogens with zero attached hydrogens (tertiary/aromatic N) is 1. The first-order valence-corrected chi connectivity index (χ1v) is 11.8. The van der Waals surface area contributed by atoms with Gasteiger partial charge in [-0.3, -0.25) is 14.5 Å². The van der Waals surface area contributed by atoms with Crippen molar-refractivity contribution in [1.29, 1.82) is 0 Å². The molecule has 0 unspecified atom stereocenters. The van der Waals surface area contributed by atoms with Gasteiger partial charge in [0.15, 0.2) is 11.5 Å². The first-order valence-electron chi connectivity index (χ1n) is 9.94. The molecule has 3 rings (SSSR count). The minimum Gasteiger partial charge on any atom is -0.490 e. The molecule has 0 saturated carbocycles. The lowest BCUT2D eigenvalue weighted by molar-refractivity contribution is -0.124. The van der Waals surface area contributed by atoms with Crippen molar-refractivity contribution >= 4 is 51.6 Å². The fourth-order valence-corrected chi connectivity index (χ4v) is 4.76. The second kappa shape index (κ2) is 10.5. The van der Waals surface area contributed by atoms with Crippen LogP contribution in [0, 0.1) is 9.39 Å². The van der Waals surface area contributed by atoms with Gasteiger partial charge in [-0.1, -0.05) is 19.1 Å². The number of halogens is 2. The van der Waals surface area contributed by atoms with Crippen molar-refractivity contribution < 1.29 is 23.5 Å². The van der Waals surface area contributed by atoms with Crippen LogP contribution >= 0.6 is 34.4 Å². The molecule has 2 aromatic carbocycles. The fourth-order valence-electron chi connectivity index (χ4n) is 3.05. The van der Waals surface area contributed by atoms with Gasteiger partial charge in [0.25, 0.3) is 11.1 Å². The van der Waals surface area contributed by atoms with Crippen molar-refractivity contribution in [3.8, 4) is 11.5 Å². The maximum atomic E-state index is 13.4. The smallest absolute Gasteiger partial charge is 0.293 e. The van der Waals surface area contributed by atoms with E-state index in [0.29, 0.717) is 35.0 Å². The normalized spacial score (nSPS) is 16.2. The number of hydrogen-bond acceptors (Lipinski definition) is 5. The molecule has 2 amide bonds. The van der Waals surface area contributed by atoms with Crippen molar-refractivity contribution in [2.24, 2.45) is 0 Å². The highest BCUT2D eigenvalue weighted by molar-refractivity contribution is 14.1. The summed E-state index contributed by atoms with van der Waals surface area (Å²) in [5.41, 5.74) is 1.45. The fraction of sp³-hybridized carbons (Fsp3) is 0.304. The van der Waals surface area contributed by atoms with Gasteiger partial charge in [0.05, 0.1) is 15.1 Å². The van der Waals surface area contributed by atoms with E-state index in [1.54, 1.807) is 24.3 Å². The summed E-state index contributed by atoms with van der Waals surface area (Å²) in [5, 5.41) is -0.250. The Labute approximate surface area is 199 Å². The molecule has 5 nitrogen and oxygen atoms in total. The van der Waals surface area contributed by atoms with E-state index in [1.807, 2.05) is 26.8 Å². The maximum Gasteiger partial charge on any atom is 0.293 e. The molecule has 2 aromatic rings. The van der Waals surface area contributed by atoms with E-state index < -0.39 is 0 Å². The molecule has 1 aliphatic rings. The van der Waals surface area contributed by atoms with Gasteiger partial charge in [-0.25, -0.2) is 4.39 Å². The summed E-state index contributed by atoms with van der Waals surface area (Å²) in [7, 11) is 0. The van der Waals surface area contributed by atoms with Gasteiger partial charge in [0.1, 0.15) is 12.4 Å². The monoisotopic (exact) mass is 555 g/mol. The number of imide groups is 1. The molecule has 0 bridgehead atoms. The highest BCUT2D eigenvalue weighted by Crippen LogP contribution is 2.38. The minimum absolute atomic E-state index is 0.142. The molecule has 1 atom stereocenters. The van der Waals surface area contributed by atoms with Crippen LogP contribution in [0.3, 0.4) is 0 Å². The zero-order valence-corrected chi connectivity index (χ0v) is 20.5. The summed E-state index contributed by atoms with van der Waals surface area (Å²) in [6.45, 7) is 6.30. The number of carbonyl (C=O) groups is 2. The third kappa shape index (κ3) is 5.60. The number of rotatable bonds is 8. The molecule has 1 aliphatic heterocycles. The van der Waals surface area contributed by atoms with Gasteiger partial charge in [0.2, 0.25) is 0 Å². The molecular formula is C23H23FINO4S. The van der Waals surface area contributed by atoms with Crippen LogP contribution in [0.15, 0.2) is 41.3 Å². The van der Waals surface area contributed by atoms with Gasteiger partial charge in [0, 0.05) is 6.04 Å². The van der Waals surface area contributed by atoms with E-state index in [4.69, 9.17) is 9.47 Å². The number of thioether (sulfide) groups is 1. The second-order valence-corrected chi connectivity index (χ2v) is 9.15. The van der Waals surface area contributed by atoms with Crippen LogP contribution in [0.1, 0.15) is 38.3 Å². The van der Waals surface area contributed by atoms with Gasteiger partial charge >= 0.3 is 0 Å². The summed E-state index contributed by atoms with van der Waals surface area (Å²) in [5.74, 6) is 0.487. The van der Waals surface area contributed by atoms with Crippen LogP contribution in [-0.2, 0) is 11.4 Å². The number of benzene rings is 2. The van der Waals surface area contributed by atoms with Crippen molar-refractivity contribution in [3.63, 3.8) is 0 Å². The van der Waals surface area contributed by atoms with E-state index in [-0.39, 0.29) is 29.6 Å². The summed E-state index contributed by atoms with van der Waals surface area (Å²) in [6.07, 6.45) is 2.41. The maximum absolute atomic E-state index is 13.4. The number of ether oxygens (including phenoxy) is 2. The summed E-state index contributed by atoms with van der Waals surface area (Å²) in [6, 6.07) is 9.74. The lowest BCUT2D eigenvalue weighted by atomic mass is 10.1. The van der Waals surface area contributed by atoms with Gasteiger partial charge < -0.3 is 9.47 Å². The Balaban J connectivity index is 1.87. The van der Waals surface area contributed by atoms with Crippen LogP contribution in [-0.4, -0.2) is 28.7 Å². The van der Waals surface area contributed by atoms with Gasteiger partial charge in [-0.05, 0) is 96.1 Å². The first-order chi connectivity index (χ1) is 14.8. The summed E-state index contributed by atoms with van der Waals surface area (Å²) in [4.78, 5) is 26.7. The average Bonchev–Trinajstić information content (AvgIpc) is 3.00. The first kappa shape index (κ1) is 23.6. The molecule has 0 radical (unpaired) electrons. The predicted octanol–water partition coefficient (Wildman–Crippen LogP) is 6.24. The van der Waals surface area contributed by atoms with Crippen molar-refractivity contribution in [2.75, 3.05) is 6.61 Å². The lowest BCUT2D eigenvalue weighted by Gasteiger charge is -2.19. The topological polar surface area (TPSA) is 55.8 Å². The van der Waals surface area contributed by atoms with Crippen molar-refractivity contribution in [3.05, 3.63) is 61.8 Å². The molecule has 0 aliphatic carbocycles. The SMILES string of the molecule is CCOc1cc(/C=C2/SC(=O)N([C@@H](C)CC)C2=O)cc(I)c1OCc1cccc(F)c1. The Kier molecular flexibility index (Phi) is 7.99. The molecule has 8 heteroatoms. The molecule has 0 spiro atoms. The molecule has 31 heavy (non-hydrogen) atoms. The third-order valence-electron chi connectivity index (χ3n) is 4.76. The molecule has 0 N–H and O–H groups in total. The highest BCUT2D eigenvalue weighted by atomic mass is 127. The molecule has 164 valence electrons. The zero-order valence-electron chi connectivity index (χ0n) is 17.5. The minimum atomic E-state index is -0.317. The van der Waals surface area contributed by atoms with E-state index in [0.717, 1.165) is 20.9 Å². The van der Waals surface area contributed by atoms with E-state index in [2.05, 4.69) is 22.6 Å². The van der Waals surface area contributed by atoms with Crippen LogP contribution in [0.5, 0.6) is 11.5 Å². The molecule has 1 fully saturated rings. The van der Waals surface area contributed by atoms with Gasteiger partial charge in [-0.15, -0.1) is 0 Å². The highest BCUT2D eigenvalue weighted by Gasteiger charge is 2.37. The Morgan fingerprint density at radius 2 is 1.97 bits per heavy atom. The van der Waals surface area contributed by atoms with Crippen LogP contribution in [0.2, 0.25) is 0 Å². The average molecular weight is 555 g/mol. The number of carbonyl (C=O) groups excluding carboxylic acids is 2. The Morgan fingerprint density at radius 3 is 2.65 bits per heavy atom. The molecular weight excluding hydrogens is 532 g/mol. The van der Waals surface area contributed by atoms with Crippen molar-refractivity contribution in [1.82, 2.24) is 4.90 Å². The largest absolute Gasteiger partial charge is 0.490 e. The quantitative estimate of drug-likeness (QED) is 0.285. The van der Waals surface area contributed by atoms with Crippen LogP contribution < -0.4 is 9.47 Å². The van der Waals surface area contributed by atoms with Crippen LogP contribution in [0.4, 0.5) is 9.18 Å². The Hall–Kier alpha value is -2.07. The van der Waals surface area contributed by atoms with Crippen LogP contribution in [0.25, 0.3) is 6.08 Å². The standard InChI is InChI=1S/C23H23FINO4S/c1-4-14(3)26-22(27)20(31-23(26)28)12-16-10-18(25)21(19(11-16)29-5-2)30-13-15-7-6-8-17(24)9-15/h6-12,14H,4-5,13H2,1-3H3/b20-12+/t14-/m0/s1. The summed E-state index contributed by atoms with van der Waals surface area (Å²) >= 11 is 3.09.